The Morgan fingerprint density at radius 1 is 1.06 bits per heavy atom. The zero-order valence-corrected chi connectivity index (χ0v) is 9.51. The van der Waals surface area contributed by atoms with Crippen LogP contribution in [0.5, 0.6) is 0 Å². The van der Waals surface area contributed by atoms with E-state index in [1.807, 2.05) is 36.4 Å². The van der Waals surface area contributed by atoms with Gasteiger partial charge in [-0.25, -0.2) is 0 Å². The van der Waals surface area contributed by atoms with Crippen LogP contribution in [0.3, 0.4) is 0 Å². The van der Waals surface area contributed by atoms with Crippen LogP contribution in [-0.2, 0) is 0 Å². The fourth-order valence-corrected chi connectivity index (χ4v) is 1.82. The Morgan fingerprint density at radius 2 is 1.83 bits per heavy atom. The quantitative estimate of drug-likeness (QED) is 0.715. The van der Waals surface area contributed by atoms with E-state index < -0.39 is 0 Å². The number of anilines is 2. The molecule has 0 amide bonds. The molecule has 2 aromatic carbocycles. The summed E-state index contributed by atoms with van der Waals surface area (Å²) in [6.07, 6.45) is 0. The van der Waals surface area contributed by atoms with Gasteiger partial charge in [-0.2, -0.15) is 10.4 Å². The third-order valence-electron chi connectivity index (χ3n) is 2.75. The maximum atomic E-state index is 8.74. The van der Waals surface area contributed by atoms with Crippen molar-refractivity contribution in [1.82, 2.24) is 10.2 Å². The number of rotatable bonds is 2. The predicted octanol–water partition coefficient (Wildman–Crippen LogP) is 3.18. The molecule has 0 atom stereocenters. The Morgan fingerprint density at radius 3 is 2.61 bits per heavy atom. The minimum absolute atomic E-state index is 0.646. The molecule has 0 radical (unpaired) electrons. The number of aromatic nitrogens is 2. The van der Waals surface area contributed by atoms with E-state index in [-0.39, 0.29) is 0 Å². The summed E-state index contributed by atoms with van der Waals surface area (Å²) >= 11 is 0. The van der Waals surface area contributed by atoms with Crippen LogP contribution in [0.2, 0.25) is 0 Å². The number of aromatic amines is 1. The first-order valence-electron chi connectivity index (χ1n) is 5.57. The highest BCUT2D eigenvalue weighted by molar-refractivity contribution is 5.91. The maximum Gasteiger partial charge on any atom is 0.160 e. The number of benzene rings is 2. The molecule has 0 bridgehead atoms. The smallest absolute Gasteiger partial charge is 0.160 e. The van der Waals surface area contributed by atoms with Crippen LogP contribution in [0, 0.1) is 11.3 Å². The van der Waals surface area contributed by atoms with Gasteiger partial charge in [-0.3, -0.25) is 5.10 Å². The molecular weight excluding hydrogens is 224 g/mol. The molecule has 0 aliphatic rings. The fourth-order valence-electron chi connectivity index (χ4n) is 1.82. The molecule has 2 N–H and O–H groups in total. The van der Waals surface area contributed by atoms with E-state index in [9.17, 15) is 0 Å². The van der Waals surface area contributed by atoms with E-state index in [4.69, 9.17) is 5.26 Å². The van der Waals surface area contributed by atoms with Gasteiger partial charge in [0.2, 0.25) is 0 Å². The van der Waals surface area contributed by atoms with Crippen LogP contribution >= 0.6 is 0 Å². The van der Waals surface area contributed by atoms with E-state index >= 15 is 0 Å². The van der Waals surface area contributed by atoms with Crippen LogP contribution in [0.4, 0.5) is 11.5 Å². The first-order chi connectivity index (χ1) is 8.86. The Hall–Kier alpha value is -2.80. The summed E-state index contributed by atoms with van der Waals surface area (Å²) in [6.45, 7) is 0. The minimum Gasteiger partial charge on any atom is -0.338 e. The lowest BCUT2D eigenvalue weighted by atomic mass is 10.2. The molecular formula is C14H10N4. The van der Waals surface area contributed by atoms with E-state index in [1.165, 1.54) is 0 Å². The Bertz CT molecular complexity index is 719. The largest absolute Gasteiger partial charge is 0.338 e. The molecule has 4 nitrogen and oxygen atoms in total. The maximum absolute atomic E-state index is 8.74. The standard InChI is InChI=1S/C14H10N4/c15-9-10-5-7-11(8-6-10)16-14-12-3-1-2-4-13(12)17-18-14/h1-8H,(H2,16,17,18). The molecule has 18 heavy (non-hydrogen) atoms. The summed E-state index contributed by atoms with van der Waals surface area (Å²) in [5.41, 5.74) is 2.55. The molecule has 0 saturated carbocycles. The number of H-pyrrole nitrogens is 1. The average Bonchev–Trinajstić information content (AvgIpc) is 2.83. The number of nitrogens with zero attached hydrogens (tertiary/aromatic N) is 2. The second kappa shape index (κ2) is 4.22. The van der Waals surface area contributed by atoms with Crippen molar-refractivity contribution in [3.8, 4) is 6.07 Å². The highest BCUT2D eigenvalue weighted by Gasteiger charge is 2.04. The van der Waals surface area contributed by atoms with Crippen molar-refractivity contribution in [2.24, 2.45) is 0 Å². The highest BCUT2D eigenvalue weighted by Crippen LogP contribution is 2.23. The lowest BCUT2D eigenvalue weighted by Gasteiger charge is -2.03. The molecule has 1 aromatic heterocycles. The lowest BCUT2D eigenvalue weighted by molar-refractivity contribution is 1.12. The summed E-state index contributed by atoms with van der Waals surface area (Å²) in [6, 6.07) is 17.3. The van der Waals surface area contributed by atoms with Crippen molar-refractivity contribution in [3.05, 3.63) is 54.1 Å². The molecule has 0 aliphatic carbocycles. The Labute approximate surface area is 104 Å². The normalized spacial score (nSPS) is 10.2. The highest BCUT2D eigenvalue weighted by atomic mass is 15.2. The van der Waals surface area contributed by atoms with Crippen LogP contribution in [0.1, 0.15) is 5.56 Å². The zero-order chi connectivity index (χ0) is 12.4. The second-order valence-corrected chi connectivity index (χ2v) is 3.93. The van der Waals surface area contributed by atoms with Crippen LogP contribution < -0.4 is 5.32 Å². The molecule has 0 fully saturated rings. The van der Waals surface area contributed by atoms with Crippen molar-refractivity contribution >= 4 is 22.4 Å². The van der Waals surface area contributed by atoms with Crippen molar-refractivity contribution in [2.45, 2.75) is 0 Å². The summed E-state index contributed by atoms with van der Waals surface area (Å²) in [5, 5.41) is 20.2. The number of nitrogens with one attached hydrogen (secondary N) is 2. The molecule has 0 unspecified atom stereocenters. The van der Waals surface area contributed by atoms with E-state index in [1.54, 1.807) is 12.1 Å². The summed E-state index contributed by atoms with van der Waals surface area (Å²) in [7, 11) is 0. The van der Waals surface area contributed by atoms with E-state index in [2.05, 4.69) is 21.6 Å². The van der Waals surface area contributed by atoms with Gasteiger partial charge >= 0.3 is 0 Å². The van der Waals surface area contributed by atoms with Gasteiger partial charge in [0.25, 0.3) is 0 Å². The molecule has 0 spiro atoms. The summed E-state index contributed by atoms with van der Waals surface area (Å²) in [5.74, 6) is 0.787. The monoisotopic (exact) mass is 234 g/mol. The Kier molecular flexibility index (Phi) is 2.43. The number of hydrogen-bond donors (Lipinski definition) is 2. The average molecular weight is 234 g/mol. The third-order valence-corrected chi connectivity index (χ3v) is 2.75. The van der Waals surface area contributed by atoms with Gasteiger partial charge in [-0.05, 0) is 36.4 Å². The number of hydrogen-bond acceptors (Lipinski definition) is 3. The summed E-state index contributed by atoms with van der Waals surface area (Å²) < 4.78 is 0. The number of fused-ring (bicyclic) bond motifs is 1. The molecule has 0 aliphatic heterocycles. The molecule has 4 heteroatoms. The molecule has 3 aromatic rings. The Balaban J connectivity index is 1.94. The SMILES string of the molecule is N#Cc1ccc(Nc2n[nH]c3ccccc23)cc1. The minimum atomic E-state index is 0.646. The molecule has 86 valence electrons. The van der Waals surface area contributed by atoms with Gasteiger partial charge in [0.1, 0.15) is 0 Å². The van der Waals surface area contributed by atoms with Gasteiger partial charge in [-0.15, -0.1) is 0 Å². The molecule has 3 rings (SSSR count). The predicted molar refractivity (Wildman–Crippen MR) is 70.5 cm³/mol. The van der Waals surface area contributed by atoms with Crippen molar-refractivity contribution in [3.63, 3.8) is 0 Å². The zero-order valence-electron chi connectivity index (χ0n) is 9.51. The van der Waals surface area contributed by atoms with Crippen LogP contribution in [0.25, 0.3) is 10.9 Å². The first kappa shape index (κ1) is 10.4. The van der Waals surface area contributed by atoms with E-state index in [0.717, 1.165) is 22.4 Å². The molecule has 0 saturated heterocycles. The summed E-state index contributed by atoms with van der Waals surface area (Å²) in [4.78, 5) is 0. The van der Waals surface area contributed by atoms with Crippen LogP contribution in [0.15, 0.2) is 48.5 Å². The van der Waals surface area contributed by atoms with E-state index in [0.29, 0.717) is 5.56 Å². The van der Waals surface area contributed by atoms with Gasteiger partial charge in [0.05, 0.1) is 17.1 Å². The first-order valence-corrected chi connectivity index (χ1v) is 5.57. The van der Waals surface area contributed by atoms with Crippen molar-refractivity contribution in [1.29, 1.82) is 5.26 Å². The van der Waals surface area contributed by atoms with Gasteiger partial charge in [-0.1, -0.05) is 12.1 Å². The topological polar surface area (TPSA) is 64.5 Å². The molecule has 1 heterocycles. The lowest BCUT2D eigenvalue weighted by Crippen LogP contribution is -1.90. The fraction of sp³-hybridized carbons (Fsp3) is 0. The third kappa shape index (κ3) is 1.78. The van der Waals surface area contributed by atoms with Crippen molar-refractivity contribution in [2.75, 3.05) is 5.32 Å². The number of para-hydroxylation sites is 1. The van der Waals surface area contributed by atoms with Gasteiger partial charge in [0.15, 0.2) is 5.82 Å². The van der Waals surface area contributed by atoms with Crippen molar-refractivity contribution < 1.29 is 0 Å². The van der Waals surface area contributed by atoms with Gasteiger partial charge in [0, 0.05) is 11.1 Å². The second-order valence-electron chi connectivity index (χ2n) is 3.93. The number of nitriles is 1. The van der Waals surface area contributed by atoms with Crippen LogP contribution in [-0.4, -0.2) is 10.2 Å². The van der Waals surface area contributed by atoms with Gasteiger partial charge < -0.3 is 5.32 Å².